The Kier molecular flexibility index (Phi) is 4.68. The molecule has 1 aliphatic heterocycles. The first-order chi connectivity index (χ1) is 10.0. The van der Waals surface area contributed by atoms with Crippen molar-refractivity contribution < 1.29 is 9.59 Å². The van der Waals surface area contributed by atoms with E-state index < -0.39 is 11.6 Å². The van der Waals surface area contributed by atoms with E-state index in [4.69, 9.17) is 11.6 Å². The second-order valence-corrected chi connectivity index (χ2v) is 5.56. The van der Waals surface area contributed by atoms with Gasteiger partial charge in [-0.3, -0.25) is 9.59 Å². The third-order valence-corrected chi connectivity index (χ3v) is 4.08. The van der Waals surface area contributed by atoms with Gasteiger partial charge in [-0.1, -0.05) is 54.9 Å². The van der Waals surface area contributed by atoms with E-state index in [2.05, 4.69) is 5.32 Å². The fourth-order valence-corrected chi connectivity index (χ4v) is 2.60. The predicted molar refractivity (Wildman–Crippen MR) is 82.7 cm³/mol. The van der Waals surface area contributed by atoms with Crippen LogP contribution in [0.1, 0.15) is 31.9 Å². The molecule has 1 aromatic rings. The molecule has 1 heterocycles. The van der Waals surface area contributed by atoms with Gasteiger partial charge in [0.15, 0.2) is 0 Å². The highest BCUT2D eigenvalue weighted by atomic mass is 35.5. The van der Waals surface area contributed by atoms with Crippen LogP contribution in [0.4, 0.5) is 0 Å². The third-order valence-electron chi connectivity index (χ3n) is 3.91. The van der Waals surface area contributed by atoms with Crippen molar-refractivity contribution >= 4 is 23.4 Å². The first-order valence-electron chi connectivity index (χ1n) is 6.96. The number of halogens is 1. The molecule has 1 aromatic carbocycles. The van der Waals surface area contributed by atoms with Crippen molar-refractivity contribution in [1.29, 1.82) is 0 Å². The van der Waals surface area contributed by atoms with Gasteiger partial charge in [0, 0.05) is 12.1 Å². The number of amides is 2. The number of piperazine rings is 1. The number of hydrogen-bond donors (Lipinski definition) is 1. The van der Waals surface area contributed by atoms with Crippen molar-refractivity contribution in [2.45, 2.75) is 31.8 Å². The van der Waals surface area contributed by atoms with Gasteiger partial charge in [-0.25, -0.2) is 0 Å². The Morgan fingerprint density at radius 1 is 1.33 bits per heavy atom. The van der Waals surface area contributed by atoms with Crippen LogP contribution in [0.2, 0.25) is 0 Å². The van der Waals surface area contributed by atoms with E-state index in [0.717, 1.165) is 5.56 Å². The number of carbonyl (C=O) groups is 2. The lowest BCUT2D eigenvalue weighted by Crippen LogP contribution is -2.65. The van der Waals surface area contributed by atoms with Crippen LogP contribution in [0.15, 0.2) is 41.9 Å². The predicted octanol–water partition coefficient (Wildman–Crippen LogP) is 2.61. The van der Waals surface area contributed by atoms with Gasteiger partial charge in [0.1, 0.15) is 11.6 Å². The molecule has 0 spiro atoms. The zero-order valence-corrected chi connectivity index (χ0v) is 12.9. The van der Waals surface area contributed by atoms with Crippen molar-refractivity contribution in [3.63, 3.8) is 0 Å². The normalized spacial score (nSPS) is 26.2. The monoisotopic (exact) mass is 306 g/mol. The Balaban J connectivity index is 2.42. The molecule has 1 N–H and O–H groups in total. The Morgan fingerprint density at radius 3 is 2.57 bits per heavy atom. The van der Waals surface area contributed by atoms with Crippen molar-refractivity contribution in [3.8, 4) is 0 Å². The number of nitrogens with one attached hydrogen (secondary N) is 1. The molecule has 1 saturated heterocycles. The molecule has 2 unspecified atom stereocenters. The molecule has 0 aliphatic carbocycles. The lowest BCUT2D eigenvalue weighted by molar-refractivity contribution is -0.154. The molecular formula is C16H19ClN2O2. The zero-order chi connectivity index (χ0) is 15.5. The van der Waals surface area contributed by atoms with Gasteiger partial charge in [0.05, 0.1) is 0 Å². The first kappa shape index (κ1) is 15.6. The lowest BCUT2D eigenvalue weighted by atomic mass is 9.89. The minimum absolute atomic E-state index is 0.0896. The van der Waals surface area contributed by atoms with Gasteiger partial charge in [-0.05, 0) is 18.9 Å². The fraction of sp³-hybridized carbons (Fsp3) is 0.375. The topological polar surface area (TPSA) is 49.4 Å². The van der Waals surface area contributed by atoms with Gasteiger partial charge < -0.3 is 10.2 Å². The third kappa shape index (κ3) is 2.95. The summed E-state index contributed by atoms with van der Waals surface area (Å²) < 4.78 is 0. The molecular weight excluding hydrogens is 288 g/mol. The van der Waals surface area contributed by atoms with Gasteiger partial charge in [0.25, 0.3) is 0 Å². The van der Waals surface area contributed by atoms with Crippen molar-refractivity contribution in [2.24, 2.45) is 0 Å². The molecule has 21 heavy (non-hydrogen) atoms. The first-order valence-corrected chi connectivity index (χ1v) is 7.40. The number of nitrogens with zero attached hydrogens (tertiary/aromatic N) is 1. The molecule has 2 amide bonds. The smallest absolute Gasteiger partial charge is 0.249 e. The maximum Gasteiger partial charge on any atom is 0.249 e. The number of hydrogen-bond acceptors (Lipinski definition) is 2. The summed E-state index contributed by atoms with van der Waals surface area (Å²) in [7, 11) is 0. The molecule has 1 fully saturated rings. The summed E-state index contributed by atoms with van der Waals surface area (Å²) >= 11 is 5.58. The van der Waals surface area contributed by atoms with E-state index >= 15 is 0 Å². The van der Waals surface area contributed by atoms with E-state index in [1.54, 1.807) is 17.9 Å². The summed E-state index contributed by atoms with van der Waals surface area (Å²) in [5.41, 5.74) is 1.30. The lowest BCUT2D eigenvalue weighted by Gasteiger charge is -2.43. The molecule has 2 atom stereocenters. The van der Waals surface area contributed by atoms with E-state index in [1.807, 2.05) is 37.3 Å². The molecule has 0 radical (unpaired) electrons. The molecule has 1 aliphatic rings. The minimum atomic E-state index is -0.859. The number of rotatable bonds is 4. The SMILES string of the molecule is CCC1(C)NC(=O)C(c2ccccc2)N(C/C=C/Cl)C1=O. The average molecular weight is 307 g/mol. The molecule has 4 nitrogen and oxygen atoms in total. The average Bonchev–Trinajstić information content (AvgIpc) is 2.50. The molecule has 0 saturated carbocycles. The van der Waals surface area contributed by atoms with E-state index in [0.29, 0.717) is 13.0 Å². The van der Waals surface area contributed by atoms with Crippen LogP contribution in [0, 0.1) is 0 Å². The van der Waals surface area contributed by atoms with Crippen LogP contribution in [0.25, 0.3) is 0 Å². The fourth-order valence-electron chi connectivity index (χ4n) is 2.52. The standard InChI is InChI=1S/C16H19ClN2O2/c1-3-16(2)15(21)19(11-7-10-17)13(14(20)18-16)12-8-5-4-6-9-12/h4-10,13H,3,11H2,1-2H3,(H,18,20)/b10-7+. The Bertz CT molecular complexity index is 559. The van der Waals surface area contributed by atoms with E-state index in [1.165, 1.54) is 5.54 Å². The van der Waals surface area contributed by atoms with Crippen LogP contribution in [0.5, 0.6) is 0 Å². The molecule has 5 heteroatoms. The Labute approximate surface area is 129 Å². The van der Waals surface area contributed by atoms with Crippen molar-refractivity contribution in [2.75, 3.05) is 6.54 Å². The summed E-state index contributed by atoms with van der Waals surface area (Å²) in [5.74, 6) is -0.249. The van der Waals surface area contributed by atoms with Crippen molar-refractivity contribution in [3.05, 3.63) is 47.5 Å². The second-order valence-electron chi connectivity index (χ2n) is 5.31. The summed E-state index contributed by atoms with van der Waals surface area (Å²) in [6, 6.07) is 8.68. The number of carbonyl (C=O) groups excluding carboxylic acids is 2. The molecule has 0 bridgehead atoms. The van der Waals surface area contributed by atoms with E-state index in [9.17, 15) is 9.59 Å². The molecule has 112 valence electrons. The van der Waals surface area contributed by atoms with Crippen LogP contribution < -0.4 is 5.32 Å². The summed E-state index contributed by atoms with van der Waals surface area (Å²) in [6.45, 7) is 3.95. The highest BCUT2D eigenvalue weighted by Gasteiger charge is 2.47. The van der Waals surface area contributed by atoms with Gasteiger partial charge in [-0.15, -0.1) is 0 Å². The number of benzene rings is 1. The van der Waals surface area contributed by atoms with Crippen LogP contribution in [-0.2, 0) is 9.59 Å². The van der Waals surface area contributed by atoms with Crippen molar-refractivity contribution in [1.82, 2.24) is 10.2 Å². The van der Waals surface area contributed by atoms with Crippen LogP contribution in [-0.4, -0.2) is 28.8 Å². The van der Waals surface area contributed by atoms with Gasteiger partial charge >= 0.3 is 0 Å². The summed E-state index contributed by atoms with van der Waals surface area (Å²) in [4.78, 5) is 26.9. The largest absolute Gasteiger partial charge is 0.340 e. The van der Waals surface area contributed by atoms with Gasteiger partial charge in [0.2, 0.25) is 11.8 Å². The Hall–Kier alpha value is -1.81. The van der Waals surface area contributed by atoms with Crippen LogP contribution >= 0.6 is 11.6 Å². The van der Waals surface area contributed by atoms with Gasteiger partial charge in [-0.2, -0.15) is 0 Å². The van der Waals surface area contributed by atoms with Crippen LogP contribution in [0.3, 0.4) is 0 Å². The summed E-state index contributed by atoms with van der Waals surface area (Å²) in [5, 5.41) is 2.86. The maximum absolute atomic E-state index is 12.7. The quantitative estimate of drug-likeness (QED) is 0.929. The minimum Gasteiger partial charge on any atom is -0.340 e. The molecule has 2 rings (SSSR count). The second kappa shape index (κ2) is 6.31. The summed E-state index contributed by atoms with van der Waals surface area (Å²) in [6.07, 6.45) is 2.21. The molecule has 0 aromatic heterocycles. The Morgan fingerprint density at radius 2 is 2.00 bits per heavy atom. The maximum atomic E-state index is 12.7. The highest BCUT2D eigenvalue weighted by Crippen LogP contribution is 2.30. The zero-order valence-electron chi connectivity index (χ0n) is 12.2. The van der Waals surface area contributed by atoms with E-state index in [-0.39, 0.29) is 11.8 Å². The highest BCUT2D eigenvalue weighted by molar-refractivity contribution is 6.25.